The highest BCUT2D eigenvalue weighted by atomic mass is 35.5. The van der Waals surface area contributed by atoms with Crippen LogP contribution in [0.1, 0.15) is 34.6 Å². The molecule has 2 aromatic carbocycles. The number of amides is 1. The van der Waals surface area contributed by atoms with Gasteiger partial charge >= 0.3 is 6.18 Å². The number of hydrogen-bond acceptors (Lipinski definition) is 4. The van der Waals surface area contributed by atoms with Crippen LogP contribution in [-0.4, -0.2) is 27.0 Å². The molecule has 10 heteroatoms. The van der Waals surface area contributed by atoms with Gasteiger partial charge in [0.25, 0.3) is 5.91 Å². The number of phenols is 1. The van der Waals surface area contributed by atoms with Crippen molar-refractivity contribution in [2.45, 2.75) is 24.7 Å². The molecule has 0 fully saturated rings. The lowest BCUT2D eigenvalue weighted by atomic mass is 9.97. The maximum atomic E-state index is 13.7. The van der Waals surface area contributed by atoms with Crippen LogP contribution in [-0.2, 0) is 0 Å². The quantitative estimate of drug-likeness (QED) is 0.530. The van der Waals surface area contributed by atoms with Gasteiger partial charge in [0.1, 0.15) is 11.6 Å². The normalized spacial score (nSPS) is 18.4. The van der Waals surface area contributed by atoms with Crippen LogP contribution in [0.3, 0.4) is 0 Å². The van der Waals surface area contributed by atoms with E-state index in [9.17, 15) is 23.1 Å². The highest BCUT2D eigenvalue weighted by Crippen LogP contribution is 2.43. The highest BCUT2D eigenvalue weighted by Gasteiger charge is 2.46. The summed E-state index contributed by atoms with van der Waals surface area (Å²) in [5, 5.41) is 19.4. The summed E-state index contributed by atoms with van der Waals surface area (Å²) >= 11 is 5.87. The number of carbonyl (C=O) groups is 1. The predicted molar refractivity (Wildman–Crippen MR) is 106 cm³/mol. The van der Waals surface area contributed by atoms with E-state index in [1.54, 1.807) is 30.3 Å². The molecule has 0 spiro atoms. The van der Waals surface area contributed by atoms with Crippen molar-refractivity contribution >= 4 is 29.0 Å². The van der Waals surface area contributed by atoms with Crippen molar-refractivity contribution in [2.75, 3.05) is 10.6 Å². The number of benzene rings is 2. The zero-order valence-corrected chi connectivity index (χ0v) is 16.1. The van der Waals surface area contributed by atoms with E-state index >= 15 is 0 Å². The van der Waals surface area contributed by atoms with Gasteiger partial charge in [-0.1, -0.05) is 29.8 Å². The Balaban J connectivity index is 1.64. The fourth-order valence-electron chi connectivity index (χ4n) is 3.38. The monoisotopic (exact) mass is 436 g/mol. The van der Waals surface area contributed by atoms with E-state index in [2.05, 4.69) is 15.7 Å². The van der Waals surface area contributed by atoms with Gasteiger partial charge < -0.3 is 15.7 Å². The van der Waals surface area contributed by atoms with Crippen LogP contribution < -0.4 is 10.6 Å². The van der Waals surface area contributed by atoms with Crippen LogP contribution in [0, 0.1) is 0 Å². The van der Waals surface area contributed by atoms with Crippen molar-refractivity contribution in [1.29, 1.82) is 0 Å². The number of alkyl halides is 3. The van der Waals surface area contributed by atoms with Gasteiger partial charge in [0.2, 0.25) is 0 Å². The molecule has 1 aliphatic heterocycles. The standard InChI is InChI=1S/C20H16ClF3N4O2/c21-12-6-4-11(5-7-12)15-9-17(20(22,23)24)28-18(26-15)10-16(27-28)19(30)25-13-2-1-3-14(29)8-13/h1-8,10,15,17,26,29H,9H2,(H,25,30)/t15-,17+/m0/s1. The minimum Gasteiger partial charge on any atom is -0.508 e. The molecule has 4 rings (SSSR count). The van der Waals surface area contributed by atoms with Gasteiger partial charge in [0, 0.05) is 29.3 Å². The molecule has 3 aromatic rings. The van der Waals surface area contributed by atoms with Crippen molar-refractivity contribution in [2.24, 2.45) is 0 Å². The van der Waals surface area contributed by atoms with Crippen molar-refractivity contribution in [3.8, 4) is 5.75 Å². The molecule has 156 valence electrons. The molecule has 6 nitrogen and oxygen atoms in total. The van der Waals surface area contributed by atoms with E-state index in [1.165, 1.54) is 24.3 Å². The van der Waals surface area contributed by atoms with E-state index in [0.29, 0.717) is 16.3 Å². The molecule has 1 aromatic heterocycles. The Morgan fingerprint density at radius 2 is 1.93 bits per heavy atom. The SMILES string of the molecule is O=C(Nc1cccc(O)c1)c1cc2n(n1)[C@@H](C(F)(F)F)C[C@@H](c1ccc(Cl)cc1)N2. The lowest BCUT2D eigenvalue weighted by molar-refractivity contribution is -0.173. The van der Waals surface area contributed by atoms with E-state index in [4.69, 9.17) is 11.6 Å². The Kier molecular flexibility index (Phi) is 5.07. The third-order valence-corrected chi connectivity index (χ3v) is 5.05. The molecule has 0 unspecified atom stereocenters. The van der Waals surface area contributed by atoms with Crippen LogP contribution >= 0.6 is 11.6 Å². The van der Waals surface area contributed by atoms with Crippen molar-refractivity contribution in [3.63, 3.8) is 0 Å². The number of carbonyl (C=O) groups excluding carboxylic acids is 1. The first-order valence-electron chi connectivity index (χ1n) is 8.99. The number of aromatic hydroxyl groups is 1. The van der Waals surface area contributed by atoms with Gasteiger partial charge in [-0.25, -0.2) is 4.68 Å². The molecule has 0 aliphatic carbocycles. The summed E-state index contributed by atoms with van der Waals surface area (Å²) in [6.45, 7) is 0. The van der Waals surface area contributed by atoms with Crippen molar-refractivity contribution in [1.82, 2.24) is 9.78 Å². The zero-order chi connectivity index (χ0) is 21.5. The summed E-state index contributed by atoms with van der Waals surface area (Å²) in [7, 11) is 0. The summed E-state index contributed by atoms with van der Waals surface area (Å²) in [5.41, 5.74) is 0.768. The number of rotatable bonds is 3. The second-order valence-electron chi connectivity index (χ2n) is 6.91. The van der Waals surface area contributed by atoms with E-state index in [1.807, 2.05) is 0 Å². The summed E-state index contributed by atoms with van der Waals surface area (Å²) in [6.07, 6.45) is -4.83. The van der Waals surface area contributed by atoms with Gasteiger partial charge in [-0.3, -0.25) is 4.79 Å². The molecule has 3 N–H and O–H groups in total. The fraction of sp³-hybridized carbons (Fsp3) is 0.200. The number of phenolic OH excluding ortho intramolecular Hbond substituents is 1. The minimum absolute atomic E-state index is 0.0541. The molecule has 1 aliphatic rings. The molecule has 0 saturated carbocycles. The van der Waals surface area contributed by atoms with Crippen LogP contribution in [0.4, 0.5) is 24.7 Å². The number of fused-ring (bicyclic) bond motifs is 1. The molecule has 1 amide bonds. The molecule has 0 radical (unpaired) electrons. The number of hydrogen-bond donors (Lipinski definition) is 3. The van der Waals surface area contributed by atoms with Crippen molar-refractivity contribution < 1.29 is 23.1 Å². The first-order chi connectivity index (χ1) is 14.2. The van der Waals surface area contributed by atoms with Crippen molar-refractivity contribution in [3.05, 3.63) is 70.9 Å². The number of anilines is 2. The van der Waals surface area contributed by atoms with Gasteiger partial charge in [-0.2, -0.15) is 18.3 Å². The molecule has 0 bridgehead atoms. The summed E-state index contributed by atoms with van der Waals surface area (Å²) < 4.78 is 42.0. The van der Waals surface area contributed by atoms with Crippen LogP contribution in [0.2, 0.25) is 5.02 Å². The first kappa shape index (κ1) is 20.1. The van der Waals surface area contributed by atoms with Crippen LogP contribution in [0.15, 0.2) is 54.6 Å². The predicted octanol–water partition coefficient (Wildman–Crippen LogP) is 5.15. The summed E-state index contributed by atoms with van der Waals surface area (Å²) in [4.78, 5) is 12.5. The fourth-order valence-corrected chi connectivity index (χ4v) is 3.50. The number of halogens is 4. The summed E-state index contributed by atoms with van der Waals surface area (Å²) in [5.74, 6) is -0.653. The molecule has 2 atom stereocenters. The third-order valence-electron chi connectivity index (χ3n) is 4.80. The maximum Gasteiger partial charge on any atom is 0.410 e. The third kappa shape index (κ3) is 4.06. The number of aromatic nitrogens is 2. The highest BCUT2D eigenvalue weighted by molar-refractivity contribution is 6.30. The Labute approximate surface area is 174 Å². The average molecular weight is 437 g/mol. The van der Waals surface area contributed by atoms with E-state index in [0.717, 1.165) is 4.68 Å². The van der Waals surface area contributed by atoms with Gasteiger partial charge in [0.15, 0.2) is 11.7 Å². The Bertz CT molecular complexity index is 1080. The Morgan fingerprint density at radius 3 is 2.60 bits per heavy atom. The molecular weight excluding hydrogens is 421 g/mol. The minimum atomic E-state index is -4.55. The van der Waals surface area contributed by atoms with Gasteiger partial charge in [0.05, 0.1) is 6.04 Å². The molecule has 30 heavy (non-hydrogen) atoms. The van der Waals surface area contributed by atoms with Crippen LogP contribution in [0.25, 0.3) is 0 Å². The van der Waals surface area contributed by atoms with E-state index in [-0.39, 0.29) is 23.7 Å². The zero-order valence-electron chi connectivity index (χ0n) is 15.3. The second kappa shape index (κ2) is 7.56. The average Bonchev–Trinajstić information content (AvgIpc) is 3.11. The maximum absolute atomic E-state index is 13.7. The lowest BCUT2D eigenvalue weighted by Gasteiger charge is -2.33. The largest absolute Gasteiger partial charge is 0.508 e. The lowest BCUT2D eigenvalue weighted by Crippen LogP contribution is -2.35. The Hall–Kier alpha value is -3.20. The number of nitrogens with zero attached hydrogens (tertiary/aromatic N) is 2. The smallest absolute Gasteiger partial charge is 0.410 e. The number of nitrogens with one attached hydrogen (secondary N) is 2. The second-order valence-corrected chi connectivity index (χ2v) is 7.34. The van der Waals surface area contributed by atoms with E-state index < -0.39 is 24.2 Å². The summed E-state index contributed by atoms with van der Waals surface area (Å²) in [6, 6.07) is 11.1. The first-order valence-corrected chi connectivity index (χ1v) is 9.37. The van der Waals surface area contributed by atoms with Gasteiger partial charge in [-0.15, -0.1) is 0 Å². The van der Waals surface area contributed by atoms with Crippen LogP contribution in [0.5, 0.6) is 5.75 Å². The molecule has 2 heterocycles. The Morgan fingerprint density at radius 1 is 1.20 bits per heavy atom. The molecule has 0 saturated heterocycles. The topological polar surface area (TPSA) is 79.2 Å². The van der Waals surface area contributed by atoms with Gasteiger partial charge in [-0.05, 0) is 29.8 Å². The molecular formula is C20H16ClF3N4O2.